The van der Waals surface area contributed by atoms with Crippen LogP contribution in [-0.4, -0.2) is 41.7 Å². The number of hydrogen-bond donors (Lipinski definition) is 2. The molecule has 1 saturated carbocycles. The molecule has 0 aromatic heterocycles. The maximum Gasteiger partial charge on any atom is 0.306 e. The van der Waals surface area contributed by atoms with E-state index >= 15 is 0 Å². The van der Waals surface area contributed by atoms with Gasteiger partial charge in [-0.25, -0.2) is 0 Å². The molecule has 2 aliphatic rings. The van der Waals surface area contributed by atoms with Crippen molar-refractivity contribution in [2.24, 2.45) is 11.8 Å². The molecule has 1 saturated heterocycles. The Morgan fingerprint density at radius 2 is 1.92 bits per heavy atom. The molecule has 1 aliphatic carbocycles. The lowest BCUT2D eigenvalue weighted by atomic mass is 10.1. The number of carboxylic acids is 1. The van der Waals surface area contributed by atoms with Crippen molar-refractivity contribution in [3.8, 4) is 0 Å². The molecular weight excluding hydrogens is 340 g/mol. The maximum absolute atomic E-state index is 12.5. The summed E-state index contributed by atoms with van der Waals surface area (Å²) < 4.78 is 0. The predicted octanol–water partition coefficient (Wildman–Crippen LogP) is 2.13. The van der Waals surface area contributed by atoms with Crippen LogP contribution in [0.25, 0.3) is 0 Å². The lowest BCUT2D eigenvalue weighted by Gasteiger charge is -2.18. The van der Waals surface area contributed by atoms with Crippen molar-refractivity contribution in [2.45, 2.75) is 36.6 Å². The number of carbonyl (C=O) groups excluding carboxylic acids is 2. The van der Waals surface area contributed by atoms with Gasteiger partial charge in [-0.05, 0) is 49.8 Å². The van der Waals surface area contributed by atoms with Crippen LogP contribution < -0.4 is 10.2 Å². The quantitative estimate of drug-likeness (QED) is 0.784. The topological polar surface area (TPSA) is 86.7 Å². The van der Waals surface area contributed by atoms with Gasteiger partial charge in [-0.3, -0.25) is 14.4 Å². The first-order valence-corrected chi connectivity index (χ1v) is 9.68. The summed E-state index contributed by atoms with van der Waals surface area (Å²) in [5, 5.41) is 12.0. The van der Waals surface area contributed by atoms with Gasteiger partial charge in [-0.2, -0.15) is 0 Å². The summed E-state index contributed by atoms with van der Waals surface area (Å²) in [6.07, 6.45) is 3.95. The number of carboxylic acid groups (broad SMARTS) is 1. The van der Waals surface area contributed by atoms with Gasteiger partial charge in [-0.1, -0.05) is 0 Å². The van der Waals surface area contributed by atoms with Crippen molar-refractivity contribution in [3.05, 3.63) is 24.3 Å². The molecule has 6 nitrogen and oxygen atoms in total. The molecule has 25 heavy (non-hydrogen) atoms. The molecule has 1 unspecified atom stereocenters. The van der Waals surface area contributed by atoms with E-state index in [4.69, 9.17) is 5.11 Å². The maximum atomic E-state index is 12.5. The summed E-state index contributed by atoms with van der Waals surface area (Å²) in [4.78, 5) is 38.5. The van der Waals surface area contributed by atoms with Crippen molar-refractivity contribution in [2.75, 3.05) is 17.7 Å². The van der Waals surface area contributed by atoms with Crippen LogP contribution in [0, 0.1) is 11.8 Å². The fraction of sp³-hybridized carbons (Fsp3) is 0.500. The van der Waals surface area contributed by atoms with Crippen LogP contribution in [0.3, 0.4) is 0 Å². The largest absolute Gasteiger partial charge is 0.481 e. The van der Waals surface area contributed by atoms with Crippen molar-refractivity contribution in [1.29, 1.82) is 0 Å². The standard InChI is InChI=1S/C18H22N2O4S/c1-25-15-6-4-14(5-7-15)20-10-12(9-16(20)21)17(22)19-13-3-2-11(8-13)18(23)24/h4-7,11-13H,2-3,8-10H2,1H3,(H,19,22)(H,23,24)/t11-,12?,13+/m1/s1. The highest BCUT2D eigenvalue weighted by atomic mass is 32.2. The summed E-state index contributed by atoms with van der Waals surface area (Å²) >= 11 is 1.64. The fourth-order valence-electron chi connectivity index (χ4n) is 3.55. The summed E-state index contributed by atoms with van der Waals surface area (Å²) in [7, 11) is 0. The van der Waals surface area contributed by atoms with E-state index in [0.717, 1.165) is 10.6 Å². The first-order chi connectivity index (χ1) is 12.0. The van der Waals surface area contributed by atoms with Crippen LogP contribution in [0.15, 0.2) is 29.2 Å². The van der Waals surface area contributed by atoms with E-state index in [2.05, 4.69) is 5.32 Å². The molecule has 134 valence electrons. The van der Waals surface area contributed by atoms with Gasteiger partial charge < -0.3 is 15.3 Å². The molecule has 1 aliphatic heterocycles. The van der Waals surface area contributed by atoms with E-state index < -0.39 is 5.97 Å². The first-order valence-electron chi connectivity index (χ1n) is 8.45. The molecule has 0 bridgehead atoms. The van der Waals surface area contributed by atoms with E-state index in [1.165, 1.54) is 0 Å². The molecule has 2 N–H and O–H groups in total. The number of amides is 2. The fourth-order valence-corrected chi connectivity index (χ4v) is 3.96. The molecule has 2 fully saturated rings. The summed E-state index contributed by atoms with van der Waals surface area (Å²) in [5.74, 6) is -1.74. The Balaban J connectivity index is 1.58. The van der Waals surface area contributed by atoms with E-state index in [-0.39, 0.29) is 36.1 Å². The number of carbonyl (C=O) groups is 3. The highest BCUT2D eigenvalue weighted by molar-refractivity contribution is 7.98. The highest BCUT2D eigenvalue weighted by Gasteiger charge is 2.37. The average molecular weight is 362 g/mol. The number of rotatable bonds is 5. The SMILES string of the molecule is CSc1ccc(N2CC(C(=O)N[C@H]3CC[C@@H](C(=O)O)C3)CC2=O)cc1. The zero-order chi connectivity index (χ0) is 18.0. The second-order valence-corrected chi connectivity index (χ2v) is 7.54. The molecule has 1 aromatic rings. The smallest absolute Gasteiger partial charge is 0.306 e. The van der Waals surface area contributed by atoms with Gasteiger partial charge in [0.25, 0.3) is 0 Å². The Bertz CT molecular complexity index is 676. The molecular formula is C18H22N2O4S. The molecule has 2 amide bonds. The molecule has 3 atom stereocenters. The van der Waals surface area contributed by atoms with Crippen LogP contribution in [0.2, 0.25) is 0 Å². The molecule has 3 rings (SSSR count). The number of anilines is 1. The zero-order valence-corrected chi connectivity index (χ0v) is 14.9. The Labute approximate surface area is 151 Å². The highest BCUT2D eigenvalue weighted by Crippen LogP contribution is 2.29. The Morgan fingerprint density at radius 1 is 1.20 bits per heavy atom. The minimum Gasteiger partial charge on any atom is -0.481 e. The van der Waals surface area contributed by atoms with Gasteiger partial charge >= 0.3 is 5.97 Å². The van der Waals surface area contributed by atoms with Gasteiger partial charge in [0.05, 0.1) is 11.8 Å². The number of nitrogens with one attached hydrogen (secondary N) is 1. The number of aliphatic carboxylic acids is 1. The monoisotopic (exact) mass is 362 g/mol. The van der Waals surface area contributed by atoms with E-state index in [9.17, 15) is 14.4 Å². The van der Waals surface area contributed by atoms with Crippen LogP contribution in [0.4, 0.5) is 5.69 Å². The predicted molar refractivity (Wildman–Crippen MR) is 95.6 cm³/mol. The number of hydrogen-bond acceptors (Lipinski definition) is 4. The van der Waals surface area contributed by atoms with Gasteiger partial charge in [-0.15, -0.1) is 11.8 Å². The Morgan fingerprint density at radius 3 is 2.52 bits per heavy atom. The molecule has 0 spiro atoms. The molecule has 1 heterocycles. The first kappa shape index (κ1) is 17.8. The van der Waals surface area contributed by atoms with E-state index in [1.54, 1.807) is 16.7 Å². The van der Waals surface area contributed by atoms with Gasteiger partial charge in [0, 0.05) is 29.6 Å². The van der Waals surface area contributed by atoms with Crippen molar-refractivity contribution in [3.63, 3.8) is 0 Å². The van der Waals surface area contributed by atoms with Crippen molar-refractivity contribution >= 4 is 35.2 Å². The van der Waals surface area contributed by atoms with Crippen LogP contribution in [-0.2, 0) is 14.4 Å². The van der Waals surface area contributed by atoms with Crippen LogP contribution in [0.1, 0.15) is 25.7 Å². The third-order valence-corrected chi connectivity index (χ3v) is 5.75. The van der Waals surface area contributed by atoms with Gasteiger partial charge in [0.1, 0.15) is 0 Å². The number of nitrogens with zero attached hydrogens (tertiary/aromatic N) is 1. The molecule has 7 heteroatoms. The van der Waals surface area contributed by atoms with Crippen LogP contribution >= 0.6 is 11.8 Å². The molecule has 0 radical (unpaired) electrons. The summed E-state index contributed by atoms with van der Waals surface area (Å²) in [6.45, 7) is 0.373. The van der Waals surface area contributed by atoms with Crippen molar-refractivity contribution in [1.82, 2.24) is 5.32 Å². The van der Waals surface area contributed by atoms with E-state index in [1.807, 2.05) is 30.5 Å². The van der Waals surface area contributed by atoms with Crippen molar-refractivity contribution < 1.29 is 19.5 Å². The Kier molecular flexibility index (Phi) is 5.32. The number of thioether (sulfide) groups is 1. The third kappa shape index (κ3) is 3.98. The minimum atomic E-state index is -0.798. The Hall–Kier alpha value is -2.02. The zero-order valence-electron chi connectivity index (χ0n) is 14.1. The normalized spacial score (nSPS) is 26.0. The van der Waals surface area contributed by atoms with Crippen LogP contribution in [0.5, 0.6) is 0 Å². The lowest BCUT2D eigenvalue weighted by molar-refractivity contribution is -0.141. The van der Waals surface area contributed by atoms with Gasteiger partial charge in [0.15, 0.2) is 0 Å². The lowest BCUT2D eigenvalue weighted by Crippen LogP contribution is -2.39. The average Bonchev–Trinajstić information content (AvgIpc) is 3.22. The second kappa shape index (κ2) is 7.47. The summed E-state index contributed by atoms with van der Waals surface area (Å²) in [5.41, 5.74) is 0.810. The summed E-state index contributed by atoms with van der Waals surface area (Å²) in [6, 6.07) is 7.63. The van der Waals surface area contributed by atoms with E-state index in [0.29, 0.717) is 25.8 Å². The van der Waals surface area contributed by atoms with Gasteiger partial charge in [0.2, 0.25) is 11.8 Å². The third-order valence-electron chi connectivity index (χ3n) is 5.01. The second-order valence-electron chi connectivity index (χ2n) is 6.66. The minimum absolute atomic E-state index is 0.0492. The molecule has 1 aromatic carbocycles. The number of benzene rings is 1.